The van der Waals surface area contributed by atoms with E-state index >= 15 is 0 Å². The van der Waals surface area contributed by atoms with Crippen LogP contribution in [-0.4, -0.2) is 31.9 Å². The molecule has 0 aliphatic rings. The number of carbonyl (C=O) groups excluding carboxylic acids is 1. The second-order valence-corrected chi connectivity index (χ2v) is 11.7. The second-order valence-electron chi connectivity index (χ2n) is 6.95. The third-order valence-electron chi connectivity index (χ3n) is 4.96. The summed E-state index contributed by atoms with van der Waals surface area (Å²) in [6, 6.07) is 3.48. The maximum Gasteiger partial charge on any atom is 0.191 e. The van der Waals surface area contributed by atoms with Crippen molar-refractivity contribution in [3.63, 3.8) is 0 Å². The molecule has 0 bridgehead atoms. The average Bonchev–Trinajstić information content (AvgIpc) is 2.56. The fraction of sp³-hybridized carbons (Fsp3) is 0.750. The molecule has 0 aromatic heterocycles. The predicted molar refractivity (Wildman–Crippen MR) is 106 cm³/mol. The molecule has 0 fully saturated rings. The normalized spacial score (nSPS) is 16.6. The summed E-state index contributed by atoms with van der Waals surface area (Å²) in [5.41, 5.74) is 0. The maximum atomic E-state index is 12.2. The van der Waals surface area contributed by atoms with Crippen LogP contribution in [-0.2, 0) is 9.22 Å². The van der Waals surface area contributed by atoms with Gasteiger partial charge in [-0.05, 0) is 37.4 Å². The molecule has 140 valence electrons. The zero-order chi connectivity index (χ0) is 18.6. The lowest BCUT2D eigenvalue weighted by atomic mass is 9.92. The lowest BCUT2D eigenvalue weighted by Gasteiger charge is -2.30. The highest BCUT2D eigenvalue weighted by Crippen LogP contribution is 2.24. The van der Waals surface area contributed by atoms with E-state index in [1.165, 1.54) is 0 Å². The molecule has 0 spiro atoms. The van der Waals surface area contributed by atoms with Gasteiger partial charge in [-0.15, -0.1) is 0 Å². The van der Waals surface area contributed by atoms with Gasteiger partial charge in [0.15, 0.2) is 8.32 Å². The van der Waals surface area contributed by atoms with E-state index in [2.05, 4.69) is 27.7 Å². The van der Waals surface area contributed by atoms with Crippen LogP contribution in [0.25, 0.3) is 0 Å². The van der Waals surface area contributed by atoms with Crippen LogP contribution in [0.5, 0.6) is 0 Å². The van der Waals surface area contributed by atoms with E-state index in [1.54, 1.807) is 12.2 Å². The molecule has 1 unspecified atom stereocenters. The third-order valence-corrected chi connectivity index (χ3v) is 9.60. The van der Waals surface area contributed by atoms with E-state index in [-0.39, 0.29) is 18.1 Å². The molecule has 0 rings (SSSR count). The van der Waals surface area contributed by atoms with E-state index in [0.717, 1.165) is 31.2 Å². The molecule has 1 N–H and O–H groups in total. The minimum absolute atomic E-state index is 0.0330. The summed E-state index contributed by atoms with van der Waals surface area (Å²) in [6.45, 7) is 13.5. The molecule has 0 aliphatic carbocycles. The van der Waals surface area contributed by atoms with Gasteiger partial charge in [-0.3, -0.25) is 4.79 Å². The lowest BCUT2D eigenvalue weighted by molar-refractivity contribution is -0.124. The topological polar surface area (TPSA) is 46.5 Å². The van der Waals surface area contributed by atoms with Crippen molar-refractivity contribution in [2.45, 2.75) is 78.6 Å². The van der Waals surface area contributed by atoms with Crippen molar-refractivity contribution in [2.75, 3.05) is 6.61 Å². The minimum atomic E-state index is -1.54. The van der Waals surface area contributed by atoms with Crippen molar-refractivity contribution in [1.29, 1.82) is 0 Å². The molecule has 0 aromatic carbocycles. The zero-order valence-electron chi connectivity index (χ0n) is 16.5. The average molecular weight is 355 g/mol. The Bertz CT molecular complexity index is 391. The molecular weight excluding hydrogens is 316 g/mol. The van der Waals surface area contributed by atoms with Crippen LogP contribution in [0.2, 0.25) is 18.1 Å². The number of Topliss-reactive ketones (excluding diaryl/α,β-unsaturated/α-hetero) is 1. The predicted octanol–water partition coefficient (Wildman–Crippen LogP) is 5.12. The Kier molecular flexibility index (Phi) is 12.2. The Morgan fingerprint density at radius 2 is 1.71 bits per heavy atom. The molecule has 0 aliphatic heterocycles. The number of carbonyl (C=O) groups is 1. The number of allylic oxidation sites excluding steroid dienone is 3. The number of aliphatic hydroxyl groups is 1. The monoisotopic (exact) mass is 354 g/mol. The summed E-state index contributed by atoms with van der Waals surface area (Å²) >= 11 is 0. The van der Waals surface area contributed by atoms with Crippen molar-refractivity contribution >= 4 is 14.1 Å². The molecular formula is C20H38O3Si. The summed E-state index contributed by atoms with van der Waals surface area (Å²) < 4.78 is 6.33. The Morgan fingerprint density at radius 3 is 2.21 bits per heavy atom. The zero-order valence-corrected chi connectivity index (χ0v) is 17.5. The van der Waals surface area contributed by atoms with E-state index in [9.17, 15) is 9.90 Å². The number of ketones is 1. The van der Waals surface area contributed by atoms with Crippen LogP contribution in [0.4, 0.5) is 0 Å². The Labute approximate surface area is 150 Å². The number of hydrogen-bond acceptors (Lipinski definition) is 3. The maximum absolute atomic E-state index is 12.2. The van der Waals surface area contributed by atoms with Crippen molar-refractivity contribution < 1.29 is 14.3 Å². The van der Waals surface area contributed by atoms with Crippen molar-refractivity contribution in [3.8, 4) is 0 Å². The summed E-state index contributed by atoms with van der Waals surface area (Å²) in [5.74, 6) is 0.468. The van der Waals surface area contributed by atoms with E-state index in [4.69, 9.17) is 4.43 Å². The first kappa shape index (κ1) is 23.3. The summed E-state index contributed by atoms with van der Waals surface area (Å²) in [7, 11) is -1.54. The highest BCUT2D eigenvalue weighted by molar-refractivity contribution is 6.73. The smallest absolute Gasteiger partial charge is 0.191 e. The standard InChI is InChI=1S/C20H38O3Si/c1-7-11-12-13-19(21)15-20(22)18(6)14-17(5)16-23-24(8-2,9-3)10-4/h7,11-13,17-19,21H,8-10,14-16H2,1-6H3/b11-7+,13-12+/t17-,18+,19?/m1/s1. The van der Waals surface area contributed by atoms with Gasteiger partial charge in [0.05, 0.1) is 6.10 Å². The van der Waals surface area contributed by atoms with Crippen molar-refractivity contribution in [3.05, 3.63) is 24.3 Å². The highest BCUT2D eigenvalue weighted by atomic mass is 28.4. The lowest BCUT2D eigenvalue weighted by Crippen LogP contribution is -2.37. The third kappa shape index (κ3) is 8.95. The number of rotatable bonds is 13. The molecule has 0 saturated carbocycles. The molecule has 0 aromatic rings. The van der Waals surface area contributed by atoms with Gasteiger partial charge >= 0.3 is 0 Å². The first-order chi connectivity index (χ1) is 11.3. The van der Waals surface area contributed by atoms with Crippen molar-refractivity contribution in [2.24, 2.45) is 11.8 Å². The van der Waals surface area contributed by atoms with Gasteiger partial charge in [0.2, 0.25) is 0 Å². The molecule has 0 saturated heterocycles. The van der Waals surface area contributed by atoms with Gasteiger partial charge in [0.1, 0.15) is 5.78 Å². The van der Waals surface area contributed by atoms with Gasteiger partial charge in [-0.1, -0.05) is 58.9 Å². The number of aliphatic hydroxyl groups excluding tert-OH is 1. The van der Waals surface area contributed by atoms with Crippen LogP contribution in [0.15, 0.2) is 24.3 Å². The van der Waals surface area contributed by atoms with Gasteiger partial charge in [-0.25, -0.2) is 0 Å². The molecule has 0 radical (unpaired) electrons. The number of hydrogen-bond donors (Lipinski definition) is 1. The van der Waals surface area contributed by atoms with Gasteiger partial charge in [0, 0.05) is 18.9 Å². The van der Waals surface area contributed by atoms with E-state index in [0.29, 0.717) is 5.92 Å². The molecule has 4 heteroatoms. The summed E-state index contributed by atoms with van der Waals surface area (Å²) in [6.07, 6.45) is 7.52. The fourth-order valence-corrected chi connectivity index (χ4v) is 5.71. The van der Waals surface area contributed by atoms with Crippen LogP contribution in [0, 0.1) is 11.8 Å². The van der Waals surface area contributed by atoms with E-state index < -0.39 is 14.4 Å². The molecule has 3 atom stereocenters. The van der Waals surface area contributed by atoms with Crippen LogP contribution >= 0.6 is 0 Å². The van der Waals surface area contributed by atoms with Crippen LogP contribution < -0.4 is 0 Å². The Balaban J connectivity index is 4.34. The molecule has 24 heavy (non-hydrogen) atoms. The van der Waals surface area contributed by atoms with Gasteiger partial charge in [-0.2, -0.15) is 0 Å². The molecule has 0 heterocycles. The minimum Gasteiger partial charge on any atom is -0.417 e. The SMILES string of the molecule is C/C=C/C=C/C(O)CC(=O)[C@@H](C)C[C@@H](C)CO[Si](CC)(CC)CC. The van der Waals surface area contributed by atoms with Crippen LogP contribution in [0.1, 0.15) is 54.4 Å². The Morgan fingerprint density at radius 1 is 1.12 bits per heavy atom. The first-order valence-electron chi connectivity index (χ1n) is 9.48. The van der Waals surface area contributed by atoms with Crippen molar-refractivity contribution in [1.82, 2.24) is 0 Å². The molecule has 3 nitrogen and oxygen atoms in total. The summed E-state index contributed by atoms with van der Waals surface area (Å²) in [5, 5.41) is 9.87. The largest absolute Gasteiger partial charge is 0.417 e. The first-order valence-corrected chi connectivity index (χ1v) is 12.0. The van der Waals surface area contributed by atoms with Crippen LogP contribution in [0.3, 0.4) is 0 Å². The summed E-state index contributed by atoms with van der Waals surface area (Å²) in [4.78, 5) is 12.2. The fourth-order valence-electron chi connectivity index (χ4n) is 2.96. The molecule has 0 amide bonds. The van der Waals surface area contributed by atoms with E-state index in [1.807, 2.05) is 26.0 Å². The second kappa shape index (κ2) is 12.6. The van der Waals surface area contributed by atoms with Gasteiger partial charge in [0.25, 0.3) is 0 Å². The van der Waals surface area contributed by atoms with Gasteiger partial charge < -0.3 is 9.53 Å². The Hall–Kier alpha value is -0.713. The quantitative estimate of drug-likeness (QED) is 0.369. The highest BCUT2D eigenvalue weighted by Gasteiger charge is 2.29.